The first kappa shape index (κ1) is 21.6. The van der Waals surface area contributed by atoms with Crippen LogP contribution in [0.1, 0.15) is 29.2 Å². The Balaban J connectivity index is 1.35. The van der Waals surface area contributed by atoms with Gasteiger partial charge in [0.2, 0.25) is 0 Å². The number of rotatable bonds is 7. The van der Waals surface area contributed by atoms with Crippen molar-refractivity contribution >= 4 is 11.8 Å². The van der Waals surface area contributed by atoms with E-state index in [-0.39, 0.29) is 18.0 Å². The van der Waals surface area contributed by atoms with Gasteiger partial charge in [0, 0.05) is 50.6 Å². The standard InChI is InChI=1S/C25H30N6O2/c1-33-15-14-30-16-21(18-10-12-26-13-11-18)23(17-30)27-25(32)28-24-20-8-5-9-22(20)29-31(24)19-6-3-2-4-7-19/h2-4,6-7,10-13,21,23H,5,8-9,14-17H2,1H3,(H2,27,28,32)/t21-,23?/m0/s1. The number of pyridine rings is 1. The smallest absolute Gasteiger partial charge is 0.320 e. The Morgan fingerprint density at radius 2 is 1.94 bits per heavy atom. The highest BCUT2D eigenvalue weighted by Gasteiger charge is 2.35. The normalized spacial score (nSPS) is 20.0. The zero-order chi connectivity index (χ0) is 22.6. The zero-order valence-electron chi connectivity index (χ0n) is 18.9. The molecule has 2 aliphatic rings. The van der Waals surface area contributed by atoms with Crippen molar-refractivity contribution in [2.24, 2.45) is 0 Å². The van der Waals surface area contributed by atoms with Gasteiger partial charge in [0.1, 0.15) is 5.82 Å². The maximum atomic E-state index is 13.2. The minimum Gasteiger partial charge on any atom is -0.383 e. The number of fused-ring (bicyclic) bond motifs is 1. The Labute approximate surface area is 194 Å². The number of aryl methyl sites for hydroxylation is 1. The molecule has 1 aliphatic heterocycles. The first-order chi connectivity index (χ1) is 16.2. The van der Waals surface area contributed by atoms with Crippen LogP contribution in [-0.2, 0) is 17.6 Å². The van der Waals surface area contributed by atoms with E-state index in [0.29, 0.717) is 6.61 Å². The number of likely N-dealkylation sites (tertiary alicyclic amines) is 1. The van der Waals surface area contributed by atoms with E-state index in [9.17, 15) is 4.79 Å². The Hall–Kier alpha value is -3.23. The molecule has 8 heteroatoms. The maximum absolute atomic E-state index is 13.2. The van der Waals surface area contributed by atoms with Gasteiger partial charge in [0.15, 0.2) is 0 Å². The highest BCUT2D eigenvalue weighted by atomic mass is 16.5. The van der Waals surface area contributed by atoms with E-state index in [1.165, 1.54) is 5.56 Å². The molecule has 0 radical (unpaired) electrons. The van der Waals surface area contributed by atoms with Crippen LogP contribution >= 0.6 is 0 Å². The van der Waals surface area contributed by atoms with Crippen molar-refractivity contribution in [3.8, 4) is 5.69 Å². The molecule has 2 amide bonds. The van der Waals surface area contributed by atoms with Crippen LogP contribution in [0, 0.1) is 0 Å². The van der Waals surface area contributed by atoms with Crippen molar-refractivity contribution in [3.05, 3.63) is 71.7 Å². The first-order valence-electron chi connectivity index (χ1n) is 11.6. The van der Waals surface area contributed by atoms with Crippen molar-refractivity contribution in [2.45, 2.75) is 31.2 Å². The number of benzene rings is 1. The number of nitrogens with one attached hydrogen (secondary N) is 2. The highest BCUT2D eigenvalue weighted by molar-refractivity contribution is 5.90. The van der Waals surface area contributed by atoms with Gasteiger partial charge in [-0.1, -0.05) is 18.2 Å². The van der Waals surface area contributed by atoms with Crippen LogP contribution in [0.15, 0.2) is 54.9 Å². The Morgan fingerprint density at radius 1 is 1.12 bits per heavy atom. The minimum atomic E-state index is -0.195. The quantitative estimate of drug-likeness (QED) is 0.583. The summed E-state index contributed by atoms with van der Waals surface area (Å²) in [7, 11) is 1.72. The predicted octanol–water partition coefficient (Wildman–Crippen LogP) is 2.99. The van der Waals surface area contributed by atoms with E-state index in [4.69, 9.17) is 9.84 Å². The minimum absolute atomic E-state index is 0.00889. The molecule has 0 saturated carbocycles. The van der Waals surface area contributed by atoms with E-state index in [1.54, 1.807) is 7.11 Å². The molecular formula is C25H30N6O2. The molecule has 3 aromatic rings. The van der Waals surface area contributed by atoms with Crippen molar-refractivity contribution in [1.29, 1.82) is 0 Å². The number of para-hydroxylation sites is 1. The number of methoxy groups -OCH3 is 1. The van der Waals surface area contributed by atoms with Crippen LogP contribution in [0.4, 0.5) is 10.6 Å². The third-order valence-corrected chi connectivity index (χ3v) is 6.60. The lowest BCUT2D eigenvalue weighted by molar-refractivity contribution is 0.159. The van der Waals surface area contributed by atoms with E-state index in [2.05, 4.69) is 20.5 Å². The van der Waals surface area contributed by atoms with Crippen LogP contribution in [0.5, 0.6) is 0 Å². The molecule has 0 spiro atoms. The van der Waals surface area contributed by atoms with Crippen LogP contribution in [-0.4, -0.2) is 65.1 Å². The molecular weight excluding hydrogens is 416 g/mol. The second-order valence-electron chi connectivity index (χ2n) is 8.72. The lowest BCUT2D eigenvalue weighted by Gasteiger charge is -2.21. The second-order valence-corrected chi connectivity index (χ2v) is 8.72. The summed E-state index contributed by atoms with van der Waals surface area (Å²) in [5, 5.41) is 11.2. The Morgan fingerprint density at radius 3 is 2.73 bits per heavy atom. The number of hydrogen-bond donors (Lipinski definition) is 2. The summed E-state index contributed by atoms with van der Waals surface area (Å²) in [4.78, 5) is 19.7. The van der Waals surface area contributed by atoms with Crippen molar-refractivity contribution in [3.63, 3.8) is 0 Å². The largest absolute Gasteiger partial charge is 0.383 e. The monoisotopic (exact) mass is 446 g/mol. The fourth-order valence-corrected chi connectivity index (χ4v) is 4.97. The van der Waals surface area contributed by atoms with Gasteiger partial charge in [-0.2, -0.15) is 5.10 Å². The third kappa shape index (κ3) is 4.62. The highest BCUT2D eigenvalue weighted by Crippen LogP contribution is 2.31. The number of ether oxygens (including phenoxy) is 1. The van der Waals surface area contributed by atoms with E-state index < -0.39 is 0 Å². The molecule has 33 heavy (non-hydrogen) atoms. The molecule has 3 heterocycles. The number of nitrogens with zero attached hydrogens (tertiary/aromatic N) is 4. The van der Waals surface area contributed by atoms with Gasteiger partial charge in [0.05, 0.1) is 24.0 Å². The molecule has 8 nitrogen and oxygen atoms in total. The molecule has 1 aromatic carbocycles. The molecule has 1 aliphatic carbocycles. The number of aromatic nitrogens is 3. The van der Waals surface area contributed by atoms with Gasteiger partial charge >= 0.3 is 6.03 Å². The summed E-state index contributed by atoms with van der Waals surface area (Å²) < 4.78 is 7.13. The summed E-state index contributed by atoms with van der Waals surface area (Å²) in [6, 6.07) is 13.8. The van der Waals surface area contributed by atoms with Crippen LogP contribution in [0.2, 0.25) is 0 Å². The van der Waals surface area contributed by atoms with Gasteiger partial charge in [-0.3, -0.25) is 15.2 Å². The van der Waals surface area contributed by atoms with Crippen LogP contribution in [0.3, 0.4) is 0 Å². The average molecular weight is 447 g/mol. The van der Waals surface area contributed by atoms with Crippen molar-refractivity contribution < 1.29 is 9.53 Å². The van der Waals surface area contributed by atoms with E-state index >= 15 is 0 Å². The van der Waals surface area contributed by atoms with Gasteiger partial charge in [-0.25, -0.2) is 9.48 Å². The molecule has 172 valence electrons. The lowest BCUT2D eigenvalue weighted by atomic mass is 9.95. The summed E-state index contributed by atoms with van der Waals surface area (Å²) in [5.74, 6) is 0.973. The summed E-state index contributed by atoms with van der Waals surface area (Å²) in [6.45, 7) is 3.16. The number of urea groups is 1. The molecule has 1 saturated heterocycles. The number of amides is 2. The fraction of sp³-hybridized carbons (Fsp3) is 0.400. The molecule has 2 atom stereocenters. The number of anilines is 1. The summed E-state index contributed by atoms with van der Waals surface area (Å²) >= 11 is 0. The molecule has 1 unspecified atom stereocenters. The number of hydrogen-bond acceptors (Lipinski definition) is 5. The summed E-state index contributed by atoms with van der Waals surface area (Å²) in [6.07, 6.45) is 6.58. The van der Waals surface area contributed by atoms with E-state index in [1.807, 2.05) is 59.5 Å². The molecule has 2 aromatic heterocycles. The van der Waals surface area contributed by atoms with Gasteiger partial charge in [0.25, 0.3) is 0 Å². The Kier molecular flexibility index (Phi) is 6.37. The first-order valence-corrected chi connectivity index (χ1v) is 11.6. The zero-order valence-corrected chi connectivity index (χ0v) is 18.9. The topological polar surface area (TPSA) is 84.3 Å². The fourth-order valence-electron chi connectivity index (χ4n) is 4.97. The number of carbonyl (C=O) groups is 1. The third-order valence-electron chi connectivity index (χ3n) is 6.60. The molecule has 5 rings (SSSR count). The van der Waals surface area contributed by atoms with Crippen LogP contribution in [0.25, 0.3) is 5.69 Å². The average Bonchev–Trinajstić information content (AvgIpc) is 3.55. The summed E-state index contributed by atoms with van der Waals surface area (Å²) in [5.41, 5.74) is 4.36. The SMILES string of the molecule is COCCN1CC(NC(=O)Nc2c3c(nn2-c2ccccc2)CCC3)[C@H](c2ccncc2)C1. The van der Waals surface area contributed by atoms with Crippen LogP contribution < -0.4 is 10.6 Å². The van der Waals surface area contributed by atoms with Gasteiger partial charge < -0.3 is 10.1 Å². The van der Waals surface area contributed by atoms with Gasteiger partial charge in [-0.15, -0.1) is 0 Å². The molecule has 2 N–H and O–H groups in total. The van der Waals surface area contributed by atoms with Crippen molar-refractivity contribution in [2.75, 3.05) is 38.7 Å². The number of carbonyl (C=O) groups excluding carboxylic acids is 1. The molecule has 1 fully saturated rings. The second kappa shape index (κ2) is 9.72. The lowest BCUT2D eigenvalue weighted by Crippen LogP contribution is -2.42. The molecule has 0 bridgehead atoms. The maximum Gasteiger partial charge on any atom is 0.320 e. The van der Waals surface area contributed by atoms with Gasteiger partial charge in [-0.05, 0) is 49.1 Å². The van der Waals surface area contributed by atoms with E-state index in [0.717, 1.165) is 61.7 Å². The predicted molar refractivity (Wildman–Crippen MR) is 127 cm³/mol. The van der Waals surface area contributed by atoms with Crippen molar-refractivity contribution in [1.82, 2.24) is 25.0 Å². The Bertz CT molecular complexity index is 1090.